The van der Waals surface area contributed by atoms with Gasteiger partial charge in [-0.1, -0.05) is 12.1 Å². The Morgan fingerprint density at radius 2 is 2.07 bits per heavy atom. The predicted molar refractivity (Wildman–Crippen MR) is 59.3 cm³/mol. The van der Waals surface area contributed by atoms with E-state index in [0.717, 1.165) is 12.8 Å². The van der Waals surface area contributed by atoms with Crippen molar-refractivity contribution in [2.24, 2.45) is 11.7 Å². The first-order chi connectivity index (χ1) is 6.68. The molecule has 2 rings (SSSR count). The van der Waals surface area contributed by atoms with Gasteiger partial charge in [0.1, 0.15) is 5.82 Å². The Morgan fingerprint density at radius 1 is 1.40 bits per heavy atom. The molecular formula is C11H15ClFNO. The van der Waals surface area contributed by atoms with E-state index < -0.39 is 12.1 Å². The second-order valence-electron chi connectivity index (χ2n) is 3.91. The first kappa shape index (κ1) is 12.4. The summed E-state index contributed by atoms with van der Waals surface area (Å²) in [6.45, 7) is 0. The zero-order valence-corrected chi connectivity index (χ0v) is 9.08. The molecule has 3 N–H and O–H groups in total. The van der Waals surface area contributed by atoms with Gasteiger partial charge in [-0.3, -0.25) is 0 Å². The summed E-state index contributed by atoms with van der Waals surface area (Å²) in [5, 5.41) is 9.75. The number of nitrogens with two attached hydrogens (primary N) is 1. The molecule has 0 radical (unpaired) electrons. The molecule has 1 aliphatic rings. The Morgan fingerprint density at radius 3 is 2.60 bits per heavy atom. The molecule has 1 aromatic carbocycles. The molecular weight excluding hydrogens is 217 g/mol. The van der Waals surface area contributed by atoms with E-state index in [1.807, 2.05) is 0 Å². The van der Waals surface area contributed by atoms with Crippen LogP contribution in [-0.2, 0) is 0 Å². The topological polar surface area (TPSA) is 46.2 Å². The lowest BCUT2D eigenvalue weighted by Crippen LogP contribution is -2.27. The van der Waals surface area contributed by atoms with Gasteiger partial charge in [0.15, 0.2) is 0 Å². The van der Waals surface area contributed by atoms with E-state index in [1.165, 1.54) is 12.1 Å². The molecule has 2 nitrogen and oxygen atoms in total. The summed E-state index contributed by atoms with van der Waals surface area (Å²) in [6, 6.07) is 5.66. The largest absolute Gasteiger partial charge is 0.391 e. The molecule has 4 heteroatoms. The molecule has 0 aliphatic heterocycles. The molecule has 0 spiro atoms. The van der Waals surface area contributed by atoms with E-state index in [9.17, 15) is 9.50 Å². The van der Waals surface area contributed by atoms with Crippen molar-refractivity contribution in [1.82, 2.24) is 0 Å². The van der Waals surface area contributed by atoms with Crippen LogP contribution in [0.25, 0.3) is 0 Å². The highest BCUT2D eigenvalue weighted by Gasteiger charge is 2.34. The highest BCUT2D eigenvalue weighted by molar-refractivity contribution is 5.85. The van der Waals surface area contributed by atoms with Crippen LogP contribution in [0.3, 0.4) is 0 Å². The summed E-state index contributed by atoms with van der Waals surface area (Å²) < 4.78 is 12.9. The van der Waals surface area contributed by atoms with Crippen LogP contribution >= 0.6 is 12.4 Å². The van der Waals surface area contributed by atoms with Crippen LogP contribution in [-0.4, -0.2) is 11.2 Å². The van der Waals surface area contributed by atoms with Crippen molar-refractivity contribution in [2.45, 2.75) is 25.0 Å². The molecule has 1 aromatic rings. The minimum absolute atomic E-state index is 0. The highest BCUT2D eigenvalue weighted by Crippen LogP contribution is 2.37. The van der Waals surface area contributed by atoms with Crippen LogP contribution in [0.4, 0.5) is 4.39 Å². The number of hydrogen-bond donors (Lipinski definition) is 2. The van der Waals surface area contributed by atoms with Gasteiger partial charge in [-0.2, -0.15) is 0 Å². The minimum Gasteiger partial charge on any atom is -0.391 e. The van der Waals surface area contributed by atoms with E-state index in [1.54, 1.807) is 12.1 Å². The lowest BCUT2D eigenvalue weighted by molar-refractivity contribution is 0.122. The van der Waals surface area contributed by atoms with Crippen LogP contribution in [0, 0.1) is 11.7 Å². The Labute approximate surface area is 94.7 Å². The average molecular weight is 232 g/mol. The zero-order valence-electron chi connectivity index (χ0n) is 8.27. The van der Waals surface area contributed by atoms with Crippen molar-refractivity contribution in [1.29, 1.82) is 0 Å². The van der Waals surface area contributed by atoms with Crippen LogP contribution in [0.5, 0.6) is 0 Å². The summed E-state index contributed by atoms with van der Waals surface area (Å²) in [5.74, 6) is 0.00853. The molecule has 15 heavy (non-hydrogen) atoms. The Balaban J connectivity index is 0.00000112. The van der Waals surface area contributed by atoms with Crippen molar-refractivity contribution in [3.05, 3.63) is 35.6 Å². The maximum atomic E-state index is 12.9. The highest BCUT2D eigenvalue weighted by atomic mass is 35.5. The number of rotatable bonds is 3. The Bertz CT molecular complexity index is 330. The van der Waals surface area contributed by atoms with Gasteiger partial charge >= 0.3 is 0 Å². The third kappa shape index (κ3) is 2.91. The number of aliphatic hydroxyl groups excluding tert-OH is 1. The number of hydrogen-bond acceptors (Lipinski definition) is 2. The van der Waals surface area contributed by atoms with Gasteiger partial charge in [0, 0.05) is 0 Å². The quantitative estimate of drug-likeness (QED) is 0.836. The van der Waals surface area contributed by atoms with Crippen LogP contribution in [0.15, 0.2) is 24.3 Å². The van der Waals surface area contributed by atoms with Gasteiger partial charge in [-0.25, -0.2) is 4.39 Å². The third-order valence-corrected chi connectivity index (χ3v) is 2.71. The lowest BCUT2D eigenvalue weighted by Gasteiger charge is -2.18. The fourth-order valence-electron chi connectivity index (χ4n) is 1.64. The van der Waals surface area contributed by atoms with Gasteiger partial charge in [0.2, 0.25) is 0 Å². The first-order valence-electron chi connectivity index (χ1n) is 4.87. The van der Waals surface area contributed by atoms with Gasteiger partial charge in [0.05, 0.1) is 12.1 Å². The molecule has 1 aliphatic carbocycles. The fourth-order valence-corrected chi connectivity index (χ4v) is 1.64. The zero-order chi connectivity index (χ0) is 10.1. The summed E-state index contributed by atoms with van der Waals surface area (Å²) in [7, 11) is 0. The van der Waals surface area contributed by atoms with Gasteiger partial charge in [-0.15, -0.1) is 12.4 Å². The first-order valence-corrected chi connectivity index (χ1v) is 4.87. The molecule has 0 saturated heterocycles. The number of benzene rings is 1. The second-order valence-corrected chi connectivity index (χ2v) is 3.91. The van der Waals surface area contributed by atoms with E-state index in [4.69, 9.17) is 5.73 Å². The van der Waals surface area contributed by atoms with Crippen molar-refractivity contribution >= 4 is 12.4 Å². The standard InChI is InChI=1S/C11H14FNO.ClH/c12-9-3-1-2-8(6-9)10(13)11(14)7-4-5-7;/h1-3,6-7,10-11,14H,4-5,13H2;1H/t10-,11+;/m0./s1. The monoisotopic (exact) mass is 231 g/mol. The number of halogens is 2. The third-order valence-electron chi connectivity index (χ3n) is 2.71. The van der Waals surface area contributed by atoms with E-state index in [2.05, 4.69) is 0 Å². The van der Waals surface area contributed by atoms with Crippen molar-refractivity contribution < 1.29 is 9.50 Å². The molecule has 84 valence electrons. The van der Waals surface area contributed by atoms with Gasteiger partial charge in [-0.05, 0) is 36.5 Å². The smallest absolute Gasteiger partial charge is 0.123 e. The molecule has 0 heterocycles. The summed E-state index contributed by atoms with van der Waals surface area (Å²) in [5.41, 5.74) is 6.50. The van der Waals surface area contributed by atoms with Crippen molar-refractivity contribution in [2.75, 3.05) is 0 Å². The molecule has 0 aromatic heterocycles. The van der Waals surface area contributed by atoms with Gasteiger partial charge in [0.25, 0.3) is 0 Å². The Hall–Kier alpha value is -0.640. The normalized spacial score (nSPS) is 19.1. The van der Waals surface area contributed by atoms with Crippen LogP contribution < -0.4 is 5.73 Å². The molecule has 0 unspecified atom stereocenters. The lowest BCUT2D eigenvalue weighted by atomic mass is 9.99. The molecule has 0 amide bonds. The Kier molecular flexibility index (Phi) is 4.08. The van der Waals surface area contributed by atoms with Crippen LogP contribution in [0.1, 0.15) is 24.4 Å². The van der Waals surface area contributed by atoms with Crippen molar-refractivity contribution in [3.8, 4) is 0 Å². The van der Waals surface area contributed by atoms with Crippen molar-refractivity contribution in [3.63, 3.8) is 0 Å². The minimum atomic E-state index is -0.531. The molecule has 1 fully saturated rings. The van der Waals surface area contributed by atoms with E-state index >= 15 is 0 Å². The summed E-state index contributed by atoms with van der Waals surface area (Å²) >= 11 is 0. The molecule has 2 atom stereocenters. The fraction of sp³-hybridized carbons (Fsp3) is 0.455. The summed E-state index contributed by atoms with van der Waals surface area (Å²) in [4.78, 5) is 0. The maximum Gasteiger partial charge on any atom is 0.123 e. The summed E-state index contributed by atoms with van der Waals surface area (Å²) in [6.07, 6.45) is 1.53. The average Bonchev–Trinajstić information content (AvgIpc) is 2.99. The van der Waals surface area contributed by atoms with Crippen LogP contribution in [0.2, 0.25) is 0 Å². The van der Waals surface area contributed by atoms with Gasteiger partial charge < -0.3 is 10.8 Å². The SMILES string of the molecule is Cl.N[C@@H](c1cccc(F)c1)[C@H](O)C1CC1. The second kappa shape index (κ2) is 4.92. The maximum absolute atomic E-state index is 12.9. The molecule has 1 saturated carbocycles. The molecule has 0 bridgehead atoms. The van der Waals surface area contributed by atoms with E-state index in [-0.39, 0.29) is 18.2 Å². The number of aliphatic hydroxyl groups is 1. The predicted octanol–water partition coefficient (Wildman–Crippen LogP) is 2.02. The van der Waals surface area contributed by atoms with E-state index in [0.29, 0.717) is 11.5 Å².